The van der Waals surface area contributed by atoms with Gasteiger partial charge in [0, 0.05) is 38.3 Å². The van der Waals surface area contributed by atoms with Crippen LogP contribution in [0.25, 0.3) is 0 Å². The lowest BCUT2D eigenvalue weighted by atomic mass is 10.1. The zero-order valence-corrected chi connectivity index (χ0v) is 12.1. The number of nitrogens with zero attached hydrogens (tertiary/aromatic N) is 2. The highest BCUT2D eigenvalue weighted by molar-refractivity contribution is 5.56. The van der Waals surface area contributed by atoms with Gasteiger partial charge in [0.25, 0.3) is 0 Å². The number of piperazine rings is 1. The third-order valence-corrected chi connectivity index (χ3v) is 4.37. The minimum atomic E-state index is -0.634. The van der Waals surface area contributed by atoms with E-state index in [0.29, 0.717) is 11.3 Å². The van der Waals surface area contributed by atoms with Crippen LogP contribution in [0.3, 0.4) is 0 Å². The summed E-state index contributed by atoms with van der Waals surface area (Å²) in [5, 5.41) is 9.84. The van der Waals surface area contributed by atoms with Crippen molar-refractivity contribution < 1.29 is 9.50 Å². The molecule has 1 heterocycles. The fraction of sp³-hybridized carbons (Fsp3) is 0.625. The predicted molar refractivity (Wildman–Crippen MR) is 78.4 cm³/mol. The zero-order chi connectivity index (χ0) is 14.1. The fourth-order valence-electron chi connectivity index (χ4n) is 3.02. The van der Waals surface area contributed by atoms with Crippen molar-refractivity contribution in [2.24, 2.45) is 5.92 Å². The minimum Gasteiger partial charge on any atom is -0.389 e. The molecule has 3 nitrogen and oxygen atoms in total. The summed E-state index contributed by atoms with van der Waals surface area (Å²) in [7, 11) is 0. The molecule has 1 aromatic rings. The second kappa shape index (κ2) is 5.70. The maximum Gasteiger partial charge on any atom is 0.146 e. The van der Waals surface area contributed by atoms with Crippen molar-refractivity contribution >= 4 is 5.69 Å². The lowest BCUT2D eigenvalue weighted by Gasteiger charge is -2.37. The largest absolute Gasteiger partial charge is 0.389 e. The second-order valence-electron chi connectivity index (χ2n) is 6.08. The van der Waals surface area contributed by atoms with Gasteiger partial charge in [-0.2, -0.15) is 0 Å². The van der Waals surface area contributed by atoms with Gasteiger partial charge in [0.15, 0.2) is 0 Å². The number of aliphatic hydroxyl groups excluding tert-OH is 1. The molecule has 2 fully saturated rings. The number of halogens is 1. The molecular formula is C16H23FN2O. The maximum absolute atomic E-state index is 14.1. The van der Waals surface area contributed by atoms with E-state index in [2.05, 4.69) is 9.80 Å². The summed E-state index contributed by atoms with van der Waals surface area (Å²) in [5.74, 6) is 0.682. The summed E-state index contributed by atoms with van der Waals surface area (Å²) in [4.78, 5) is 4.57. The normalized spacial score (nSPS) is 22.1. The van der Waals surface area contributed by atoms with E-state index in [1.165, 1.54) is 25.5 Å². The highest BCUT2D eigenvalue weighted by Gasteiger charge is 2.28. The summed E-state index contributed by atoms with van der Waals surface area (Å²) < 4.78 is 14.1. The average molecular weight is 278 g/mol. The Labute approximate surface area is 120 Å². The van der Waals surface area contributed by atoms with Crippen LogP contribution < -0.4 is 4.90 Å². The first kappa shape index (κ1) is 13.8. The van der Waals surface area contributed by atoms with Gasteiger partial charge in [0.05, 0.1) is 11.8 Å². The smallest absolute Gasteiger partial charge is 0.146 e. The van der Waals surface area contributed by atoms with E-state index in [4.69, 9.17) is 0 Å². The minimum absolute atomic E-state index is 0.223. The Bertz CT molecular complexity index is 466. The zero-order valence-electron chi connectivity index (χ0n) is 12.1. The first-order chi connectivity index (χ1) is 9.65. The molecule has 1 aliphatic heterocycles. The molecular weight excluding hydrogens is 255 g/mol. The van der Waals surface area contributed by atoms with Crippen molar-refractivity contribution in [2.75, 3.05) is 37.6 Å². The molecule has 1 saturated heterocycles. The monoisotopic (exact) mass is 278 g/mol. The molecule has 1 atom stereocenters. The molecule has 0 aromatic heterocycles. The number of anilines is 1. The Balaban J connectivity index is 1.70. The van der Waals surface area contributed by atoms with Gasteiger partial charge in [-0.25, -0.2) is 4.39 Å². The van der Waals surface area contributed by atoms with Crippen molar-refractivity contribution in [1.29, 1.82) is 0 Å². The van der Waals surface area contributed by atoms with E-state index in [1.807, 2.05) is 6.07 Å². The van der Waals surface area contributed by atoms with E-state index in [1.54, 1.807) is 13.0 Å². The molecule has 1 unspecified atom stereocenters. The van der Waals surface area contributed by atoms with Crippen molar-refractivity contribution in [2.45, 2.75) is 25.9 Å². The van der Waals surface area contributed by atoms with E-state index in [-0.39, 0.29) is 5.82 Å². The van der Waals surface area contributed by atoms with Crippen LogP contribution in [0.1, 0.15) is 31.4 Å². The SMILES string of the molecule is CC(O)c1cccc(F)c1N1CCN(CC2CC2)CC1. The third-order valence-electron chi connectivity index (χ3n) is 4.37. The molecule has 20 heavy (non-hydrogen) atoms. The second-order valence-corrected chi connectivity index (χ2v) is 6.08. The van der Waals surface area contributed by atoms with Crippen LogP contribution >= 0.6 is 0 Å². The van der Waals surface area contributed by atoms with E-state index < -0.39 is 6.10 Å². The molecule has 2 aliphatic rings. The van der Waals surface area contributed by atoms with Crippen LogP contribution in [0.15, 0.2) is 18.2 Å². The summed E-state index contributed by atoms with van der Waals surface area (Å²) in [6.45, 7) is 6.56. The van der Waals surface area contributed by atoms with Gasteiger partial charge in [0.2, 0.25) is 0 Å². The van der Waals surface area contributed by atoms with E-state index in [9.17, 15) is 9.50 Å². The van der Waals surface area contributed by atoms with E-state index in [0.717, 1.165) is 32.1 Å². The molecule has 1 N–H and O–H groups in total. The molecule has 1 saturated carbocycles. The van der Waals surface area contributed by atoms with E-state index >= 15 is 0 Å². The molecule has 1 aliphatic carbocycles. The Morgan fingerprint density at radius 3 is 2.55 bits per heavy atom. The summed E-state index contributed by atoms with van der Waals surface area (Å²) in [5.41, 5.74) is 1.29. The highest BCUT2D eigenvalue weighted by atomic mass is 19.1. The van der Waals surface area contributed by atoms with Crippen LogP contribution in [-0.4, -0.2) is 42.7 Å². The molecule has 0 spiro atoms. The Hall–Kier alpha value is -1.13. The third kappa shape index (κ3) is 2.96. The van der Waals surface area contributed by atoms with Crippen LogP contribution in [0, 0.1) is 11.7 Å². The van der Waals surface area contributed by atoms with Crippen molar-refractivity contribution in [3.8, 4) is 0 Å². The molecule has 0 bridgehead atoms. The number of para-hydroxylation sites is 1. The number of rotatable bonds is 4. The first-order valence-electron chi connectivity index (χ1n) is 7.59. The number of benzene rings is 1. The van der Waals surface area contributed by atoms with Crippen molar-refractivity contribution in [1.82, 2.24) is 4.90 Å². The number of aliphatic hydroxyl groups is 1. The number of hydrogen-bond donors (Lipinski definition) is 1. The number of hydrogen-bond acceptors (Lipinski definition) is 3. The van der Waals surface area contributed by atoms with Crippen LogP contribution in [0.5, 0.6) is 0 Å². The van der Waals surface area contributed by atoms with Gasteiger partial charge in [-0.15, -0.1) is 0 Å². The molecule has 0 radical (unpaired) electrons. The average Bonchev–Trinajstić information content (AvgIpc) is 3.23. The summed E-state index contributed by atoms with van der Waals surface area (Å²) >= 11 is 0. The predicted octanol–water partition coefficient (Wildman–Crippen LogP) is 2.41. The first-order valence-corrected chi connectivity index (χ1v) is 7.59. The lowest BCUT2D eigenvalue weighted by molar-refractivity contribution is 0.198. The van der Waals surface area contributed by atoms with Crippen molar-refractivity contribution in [3.63, 3.8) is 0 Å². The van der Waals surface area contributed by atoms with Crippen molar-refractivity contribution in [3.05, 3.63) is 29.6 Å². The standard InChI is InChI=1S/C16H23FN2O/c1-12(20)14-3-2-4-15(17)16(14)19-9-7-18(8-10-19)11-13-5-6-13/h2-4,12-13,20H,5-11H2,1H3. The molecule has 4 heteroatoms. The van der Waals surface area contributed by atoms with Crippen LogP contribution in [0.4, 0.5) is 10.1 Å². The topological polar surface area (TPSA) is 26.7 Å². The van der Waals surface area contributed by atoms with Gasteiger partial charge in [0.1, 0.15) is 5.82 Å². The van der Waals surface area contributed by atoms with Gasteiger partial charge < -0.3 is 10.0 Å². The maximum atomic E-state index is 14.1. The van der Waals surface area contributed by atoms with Gasteiger partial charge >= 0.3 is 0 Å². The van der Waals surface area contributed by atoms with Gasteiger partial charge in [-0.05, 0) is 31.7 Å². The van der Waals surface area contributed by atoms with Gasteiger partial charge in [-0.1, -0.05) is 12.1 Å². The summed E-state index contributed by atoms with van der Waals surface area (Å²) in [6.07, 6.45) is 2.12. The molecule has 1 aromatic carbocycles. The van der Waals surface area contributed by atoms with Crippen LogP contribution in [-0.2, 0) is 0 Å². The molecule has 0 amide bonds. The summed E-state index contributed by atoms with van der Waals surface area (Å²) in [6, 6.07) is 4.97. The van der Waals surface area contributed by atoms with Crippen LogP contribution in [0.2, 0.25) is 0 Å². The Morgan fingerprint density at radius 1 is 1.25 bits per heavy atom. The lowest BCUT2D eigenvalue weighted by Crippen LogP contribution is -2.47. The fourth-order valence-corrected chi connectivity index (χ4v) is 3.02. The highest BCUT2D eigenvalue weighted by Crippen LogP contribution is 2.32. The molecule has 110 valence electrons. The molecule has 3 rings (SSSR count). The Kier molecular flexibility index (Phi) is 3.94. The Morgan fingerprint density at radius 2 is 1.95 bits per heavy atom. The van der Waals surface area contributed by atoms with Gasteiger partial charge in [-0.3, -0.25) is 4.90 Å². The quantitative estimate of drug-likeness (QED) is 0.916.